The van der Waals surface area contributed by atoms with Crippen molar-refractivity contribution in [3.63, 3.8) is 0 Å². The summed E-state index contributed by atoms with van der Waals surface area (Å²) >= 11 is 0. The summed E-state index contributed by atoms with van der Waals surface area (Å²) in [6, 6.07) is 10.1. The van der Waals surface area contributed by atoms with Crippen LogP contribution in [-0.2, 0) is 0 Å². The Balaban J connectivity index is 2.27. The molecule has 23 heavy (non-hydrogen) atoms. The third-order valence-electron chi connectivity index (χ3n) is 3.45. The molecule has 0 radical (unpaired) electrons. The Bertz CT molecular complexity index is 783. The summed E-state index contributed by atoms with van der Waals surface area (Å²) in [5.74, 6) is -0.283. The van der Waals surface area contributed by atoms with E-state index in [4.69, 9.17) is 16.6 Å². The number of hydrogen-bond donors (Lipinski definition) is 5. The van der Waals surface area contributed by atoms with Crippen molar-refractivity contribution in [1.82, 2.24) is 0 Å². The highest BCUT2D eigenvalue weighted by molar-refractivity contribution is 6.07. The van der Waals surface area contributed by atoms with Crippen molar-refractivity contribution in [3.8, 4) is 0 Å². The lowest BCUT2D eigenvalue weighted by Crippen LogP contribution is -2.13. The Morgan fingerprint density at radius 1 is 1.22 bits per heavy atom. The van der Waals surface area contributed by atoms with Crippen molar-refractivity contribution in [2.24, 2.45) is 0 Å². The first kappa shape index (κ1) is 16.2. The quantitative estimate of drug-likeness (QED) is 0.432. The second-order valence-electron chi connectivity index (χ2n) is 5.08. The zero-order valence-corrected chi connectivity index (χ0v) is 13.0. The maximum atomic E-state index is 12.4. The molecule has 2 rings (SSSR count). The molecule has 0 aromatic heterocycles. The van der Waals surface area contributed by atoms with Crippen LogP contribution in [0, 0.1) is 10.8 Å². The van der Waals surface area contributed by atoms with Crippen LogP contribution in [0.5, 0.6) is 0 Å². The van der Waals surface area contributed by atoms with Crippen LogP contribution < -0.4 is 16.4 Å². The molecule has 0 saturated carbocycles. The third-order valence-corrected chi connectivity index (χ3v) is 3.45. The molecule has 0 aliphatic rings. The molecule has 0 bridgehead atoms. The van der Waals surface area contributed by atoms with Gasteiger partial charge in [-0.15, -0.1) is 0 Å². The molecule has 6 N–H and O–H groups in total. The minimum absolute atomic E-state index is 0.283. The van der Waals surface area contributed by atoms with Gasteiger partial charge in [0.05, 0.1) is 0 Å². The van der Waals surface area contributed by atoms with Crippen molar-refractivity contribution < 1.29 is 4.79 Å². The van der Waals surface area contributed by atoms with Gasteiger partial charge < -0.3 is 27.2 Å². The average molecular weight is 309 g/mol. The van der Waals surface area contributed by atoms with Gasteiger partial charge in [-0.1, -0.05) is 0 Å². The van der Waals surface area contributed by atoms with Gasteiger partial charge in [-0.25, -0.2) is 0 Å². The van der Waals surface area contributed by atoms with E-state index in [1.165, 1.54) is 6.21 Å². The van der Waals surface area contributed by atoms with E-state index in [9.17, 15) is 4.79 Å². The van der Waals surface area contributed by atoms with Gasteiger partial charge in [-0.05, 0) is 43.3 Å². The Labute approximate surface area is 134 Å². The highest BCUT2D eigenvalue weighted by atomic mass is 16.1. The average Bonchev–Trinajstić information content (AvgIpc) is 2.55. The molecule has 6 nitrogen and oxygen atoms in total. The van der Waals surface area contributed by atoms with Gasteiger partial charge in [-0.3, -0.25) is 4.79 Å². The van der Waals surface area contributed by atoms with Crippen molar-refractivity contribution in [2.75, 3.05) is 23.4 Å². The molecular weight excluding hydrogens is 290 g/mol. The number of rotatable bonds is 5. The molecule has 0 atom stereocenters. The van der Waals surface area contributed by atoms with Crippen LogP contribution in [0.3, 0.4) is 0 Å². The summed E-state index contributed by atoms with van der Waals surface area (Å²) in [6.45, 7) is 1.64. The van der Waals surface area contributed by atoms with Crippen LogP contribution in [0.2, 0.25) is 0 Å². The van der Waals surface area contributed by atoms with E-state index in [2.05, 4.69) is 10.6 Å². The molecule has 0 saturated heterocycles. The van der Waals surface area contributed by atoms with Crippen LogP contribution in [0.4, 0.5) is 17.1 Å². The highest BCUT2D eigenvalue weighted by Gasteiger charge is 2.10. The lowest BCUT2D eigenvalue weighted by atomic mass is 10.1. The van der Waals surface area contributed by atoms with E-state index in [-0.39, 0.29) is 5.91 Å². The zero-order chi connectivity index (χ0) is 17.0. The number of nitrogens with two attached hydrogens (primary N) is 1. The molecule has 2 aromatic rings. The van der Waals surface area contributed by atoms with E-state index < -0.39 is 0 Å². The van der Waals surface area contributed by atoms with Gasteiger partial charge in [0.2, 0.25) is 0 Å². The molecule has 118 valence electrons. The fourth-order valence-corrected chi connectivity index (χ4v) is 2.21. The maximum Gasteiger partial charge on any atom is 0.255 e. The molecule has 6 heteroatoms. The molecule has 2 aromatic carbocycles. The standard InChI is InChI=1S/C17H19N5O/c1-10(19)14-8-13(4-5-15(14)20)22-17(23)11-3-6-16(21-2)12(7-11)9-18/h3-9,18-19,21H,20H2,1-2H3,(H,22,23). The van der Waals surface area contributed by atoms with E-state index in [0.717, 1.165) is 5.69 Å². The van der Waals surface area contributed by atoms with Crippen molar-refractivity contribution >= 4 is 34.9 Å². The van der Waals surface area contributed by atoms with Crippen molar-refractivity contribution in [2.45, 2.75) is 6.92 Å². The van der Waals surface area contributed by atoms with E-state index in [0.29, 0.717) is 33.8 Å². The smallest absolute Gasteiger partial charge is 0.255 e. The molecular formula is C17H19N5O. The number of carbonyl (C=O) groups excluding carboxylic acids is 1. The fourth-order valence-electron chi connectivity index (χ4n) is 2.21. The number of benzene rings is 2. The fraction of sp³-hybridized carbons (Fsp3) is 0.118. The predicted molar refractivity (Wildman–Crippen MR) is 95.2 cm³/mol. The lowest BCUT2D eigenvalue weighted by Gasteiger charge is -2.11. The normalized spacial score (nSPS) is 10.0. The van der Waals surface area contributed by atoms with Crippen LogP contribution >= 0.6 is 0 Å². The van der Waals surface area contributed by atoms with Crippen molar-refractivity contribution in [3.05, 3.63) is 53.1 Å². The van der Waals surface area contributed by atoms with Crippen molar-refractivity contribution in [1.29, 1.82) is 10.8 Å². The lowest BCUT2D eigenvalue weighted by molar-refractivity contribution is 0.102. The first-order valence-corrected chi connectivity index (χ1v) is 7.05. The van der Waals surface area contributed by atoms with Crippen LogP contribution in [0.25, 0.3) is 0 Å². The van der Waals surface area contributed by atoms with Gasteiger partial charge in [0.25, 0.3) is 5.91 Å². The van der Waals surface area contributed by atoms with E-state index in [1.807, 2.05) is 0 Å². The second-order valence-corrected chi connectivity index (χ2v) is 5.08. The molecule has 0 unspecified atom stereocenters. The summed E-state index contributed by atoms with van der Waals surface area (Å²) in [5.41, 5.74) is 9.68. The molecule has 0 heterocycles. The van der Waals surface area contributed by atoms with E-state index in [1.54, 1.807) is 50.4 Å². The van der Waals surface area contributed by atoms with Gasteiger partial charge in [0.1, 0.15) is 0 Å². The molecule has 0 aliphatic heterocycles. The van der Waals surface area contributed by atoms with Crippen LogP contribution in [0.1, 0.15) is 28.4 Å². The Morgan fingerprint density at radius 2 is 1.96 bits per heavy atom. The summed E-state index contributed by atoms with van der Waals surface area (Å²) in [5, 5.41) is 20.9. The van der Waals surface area contributed by atoms with Gasteiger partial charge in [0.15, 0.2) is 0 Å². The number of hydrogen-bond acceptors (Lipinski definition) is 5. The van der Waals surface area contributed by atoms with Crippen LogP contribution in [0.15, 0.2) is 36.4 Å². The highest BCUT2D eigenvalue weighted by Crippen LogP contribution is 2.20. The van der Waals surface area contributed by atoms with Gasteiger partial charge in [0, 0.05) is 52.7 Å². The molecule has 0 fully saturated rings. The van der Waals surface area contributed by atoms with Gasteiger partial charge >= 0.3 is 0 Å². The number of nitrogen functional groups attached to an aromatic ring is 1. The topological polar surface area (TPSA) is 115 Å². The minimum Gasteiger partial charge on any atom is -0.398 e. The summed E-state index contributed by atoms with van der Waals surface area (Å²) in [4.78, 5) is 12.4. The number of anilines is 3. The number of carbonyl (C=O) groups is 1. The van der Waals surface area contributed by atoms with E-state index >= 15 is 0 Å². The Hall–Kier alpha value is -3.15. The molecule has 0 spiro atoms. The minimum atomic E-state index is -0.283. The molecule has 0 aliphatic carbocycles. The zero-order valence-electron chi connectivity index (χ0n) is 13.0. The largest absolute Gasteiger partial charge is 0.398 e. The first-order valence-electron chi connectivity index (χ1n) is 7.05. The Kier molecular flexibility index (Phi) is 4.75. The summed E-state index contributed by atoms with van der Waals surface area (Å²) < 4.78 is 0. The summed E-state index contributed by atoms with van der Waals surface area (Å²) in [7, 11) is 1.76. The maximum absolute atomic E-state index is 12.4. The monoisotopic (exact) mass is 309 g/mol. The first-order chi connectivity index (χ1) is 11.0. The SMILES string of the molecule is CNc1ccc(C(=O)Nc2ccc(N)c(C(C)=N)c2)cc1C=N. The van der Waals surface area contributed by atoms with Crippen LogP contribution in [-0.4, -0.2) is 24.9 Å². The Morgan fingerprint density at radius 3 is 2.57 bits per heavy atom. The summed E-state index contributed by atoms with van der Waals surface area (Å²) in [6.07, 6.45) is 1.20. The van der Waals surface area contributed by atoms with Gasteiger partial charge in [-0.2, -0.15) is 0 Å². The number of amides is 1. The predicted octanol–water partition coefficient (Wildman–Crippen LogP) is 2.95. The molecule has 1 amide bonds. The third kappa shape index (κ3) is 3.55. The number of nitrogens with one attached hydrogen (secondary N) is 4. The second kappa shape index (κ2) is 6.74.